The van der Waals surface area contributed by atoms with Crippen LogP contribution in [-0.4, -0.2) is 100 Å². The highest BCUT2D eigenvalue weighted by molar-refractivity contribution is 14.0. The zero-order chi connectivity index (χ0) is 22.0. The van der Waals surface area contributed by atoms with E-state index in [4.69, 9.17) is 23.9 Å². The molecular formula is C24H39IN4O4. The van der Waals surface area contributed by atoms with Crippen LogP contribution >= 0.6 is 24.0 Å². The summed E-state index contributed by atoms with van der Waals surface area (Å²) in [7, 11) is 0. The topological polar surface area (TPSA) is 67.8 Å². The third-order valence-electron chi connectivity index (χ3n) is 6.25. The molecule has 3 fully saturated rings. The first-order chi connectivity index (χ1) is 15.8. The van der Waals surface area contributed by atoms with E-state index in [-0.39, 0.29) is 36.2 Å². The third-order valence-corrected chi connectivity index (χ3v) is 6.25. The fourth-order valence-electron chi connectivity index (χ4n) is 4.46. The molecule has 3 heterocycles. The number of morpholine rings is 2. The Bertz CT molecular complexity index is 726. The average Bonchev–Trinajstić information content (AvgIpc) is 3.38. The van der Waals surface area contributed by atoms with Gasteiger partial charge in [0.15, 0.2) is 5.96 Å². The van der Waals surface area contributed by atoms with Crippen molar-refractivity contribution in [2.45, 2.75) is 38.5 Å². The van der Waals surface area contributed by atoms with Crippen LogP contribution in [0.25, 0.3) is 0 Å². The number of halogens is 1. The maximum atomic E-state index is 6.14. The Labute approximate surface area is 215 Å². The minimum atomic E-state index is 0. The van der Waals surface area contributed by atoms with Crippen LogP contribution in [0.3, 0.4) is 0 Å². The highest BCUT2D eigenvalue weighted by Crippen LogP contribution is 2.22. The van der Waals surface area contributed by atoms with Gasteiger partial charge in [-0.2, -0.15) is 0 Å². The van der Waals surface area contributed by atoms with E-state index >= 15 is 0 Å². The summed E-state index contributed by atoms with van der Waals surface area (Å²) < 4.78 is 23.4. The van der Waals surface area contributed by atoms with Crippen LogP contribution in [0.5, 0.6) is 5.75 Å². The summed E-state index contributed by atoms with van der Waals surface area (Å²) in [5.41, 5.74) is 1.11. The first kappa shape index (κ1) is 26.5. The van der Waals surface area contributed by atoms with Gasteiger partial charge >= 0.3 is 0 Å². The van der Waals surface area contributed by atoms with E-state index in [2.05, 4.69) is 34.2 Å². The third kappa shape index (κ3) is 7.95. The quantitative estimate of drug-likeness (QED) is 0.291. The van der Waals surface area contributed by atoms with Crippen LogP contribution < -0.4 is 10.1 Å². The molecule has 33 heavy (non-hydrogen) atoms. The van der Waals surface area contributed by atoms with Crippen LogP contribution in [-0.2, 0) is 20.8 Å². The van der Waals surface area contributed by atoms with Crippen LogP contribution in [0.4, 0.5) is 0 Å². The molecule has 4 rings (SSSR count). The van der Waals surface area contributed by atoms with Gasteiger partial charge in [0.2, 0.25) is 0 Å². The highest BCUT2D eigenvalue weighted by atomic mass is 127. The Kier molecular flexibility index (Phi) is 11.5. The molecule has 0 amide bonds. The summed E-state index contributed by atoms with van der Waals surface area (Å²) in [4.78, 5) is 9.65. The number of ether oxygens (including phenoxy) is 4. The van der Waals surface area contributed by atoms with Crippen molar-refractivity contribution in [3.8, 4) is 5.75 Å². The van der Waals surface area contributed by atoms with Gasteiger partial charge in [0.1, 0.15) is 18.5 Å². The van der Waals surface area contributed by atoms with Crippen molar-refractivity contribution < 1.29 is 18.9 Å². The molecule has 3 aliphatic heterocycles. The predicted molar refractivity (Wildman–Crippen MR) is 140 cm³/mol. The van der Waals surface area contributed by atoms with Gasteiger partial charge in [0, 0.05) is 51.4 Å². The summed E-state index contributed by atoms with van der Waals surface area (Å²) in [6.45, 7) is 11.9. The number of aliphatic imine (C=N–C) groups is 1. The second-order valence-electron chi connectivity index (χ2n) is 8.49. The molecule has 8 nitrogen and oxygen atoms in total. The Morgan fingerprint density at radius 2 is 1.91 bits per heavy atom. The highest BCUT2D eigenvalue weighted by Gasteiger charge is 2.32. The van der Waals surface area contributed by atoms with Gasteiger partial charge in [-0.1, -0.05) is 18.2 Å². The molecule has 2 atom stereocenters. The Hall–Kier alpha value is -1.14. The molecule has 0 aliphatic carbocycles. The number of hydrogen-bond donors (Lipinski definition) is 1. The Balaban J connectivity index is 0.00000306. The maximum absolute atomic E-state index is 6.14. The van der Waals surface area contributed by atoms with Crippen LogP contribution in [0, 0.1) is 0 Å². The first-order valence-electron chi connectivity index (χ1n) is 12.1. The van der Waals surface area contributed by atoms with Gasteiger partial charge in [-0.15, -0.1) is 24.0 Å². The first-order valence-corrected chi connectivity index (χ1v) is 12.1. The molecule has 0 spiro atoms. The number of hydrogen-bond acceptors (Lipinski definition) is 6. The lowest BCUT2D eigenvalue weighted by molar-refractivity contribution is -0.0817. The second-order valence-corrected chi connectivity index (χ2v) is 8.49. The molecule has 0 bridgehead atoms. The summed E-state index contributed by atoms with van der Waals surface area (Å²) in [6.07, 6.45) is 2.54. The average molecular weight is 575 g/mol. The van der Waals surface area contributed by atoms with E-state index in [9.17, 15) is 0 Å². The molecule has 3 aliphatic rings. The number of rotatable bonds is 8. The summed E-state index contributed by atoms with van der Waals surface area (Å²) >= 11 is 0. The number of guanidine groups is 1. The van der Waals surface area contributed by atoms with Gasteiger partial charge in [-0.3, -0.25) is 4.90 Å². The van der Waals surface area contributed by atoms with Crippen molar-refractivity contribution in [3.05, 3.63) is 29.8 Å². The lowest BCUT2D eigenvalue weighted by Crippen LogP contribution is -2.53. The van der Waals surface area contributed by atoms with Gasteiger partial charge in [0.05, 0.1) is 32.5 Å². The van der Waals surface area contributed by atoms with E-state index in [1.165, 1.54) is 0 Å². The van der Waals surface area contributed by atoms with Crippen LogP contribution in [0.1, 0.15) is 25.3 Å². The van der Waals surface area contributed by atoms with E-state index < -0.39 is 0 Å². The fourth-order valence-corrected chi connectivity index (χ4v) is 4.46. The van der Waals surface area contributed by atoms with Crippen LogP contribution in [0.2, 0.25) is 0 Å². The Morgan fingerprint density at radius 1 is 1.09 bits per heavy atom. The lowest BCUT2D eigenvalue weighted by Gasteiger charge is -2.37. The Morgan fingerprint density at radius 3 is 2.70 bits per heavy atom. The van der Waals surface area contributed by atoms with E-state index in [0.29, 0.717) is 19.8 Å². The van der Waals surface area contributed by atoms with E-state index in [0.717, 1.165) is 89.2 Å². The fraction of sp³-hybridized carbons (Fsp3) is 0.708. The van der Waals surface area contributed by atoms with E-state index in [1.54, 1.807) is 0 Å². The van der Waals surface area contributed by atoms with E-state index in [1.807, 2.05) is 12.1 Å². The molecule has 3 saturated heterocycles. The summed E-state index contributed by atoms with van der Waals surface area (Å²) in [5, 5.41) is 3.46. The van der Waals surface area contributed by atoms with Crippen molar-refractivity contribution in [3.63, 3.8) is 0 Å². The molecule has 0 aromatic heterocycles. The zero-order valence-electron chi connectivity index (χ0n) is 19.7. The van der Waals surface area contributed by atoms with Crippen molar-refractivity contribution >= 4 is 29.9 Å². The minimum Gasteiger partial charge on any atom is -0.492 e. The maximum Gasteiger partial charge on any atom is 0.194 e. The molecule has 1 aromatic rings. The molecule has 1 N–H and O–H groups in total. The van der Waals surface area contributed by atoms with Gasteiger partial charge in [0.25, 0.3) is 0 Å². The molecule has 186 valence electrons. The van der Waals surface area contributed by atoms with Gasteiger partial charge < -0.3 is 29.2 Å². The predicted octanol–water partition coefficient (Wildman–Crippen LogP) is 2.36. The van der Waals surface area contributed by atoms with Crippen molar-refractivity contribution in [2.75, 3.05) is 72.3 Å². The zero-order valence-corrected chi connectivity index (χ0v) is 22.1. The summed E-state index contributed by atoms with van der Waals surface area (Å²) in [6, 6.07) is 8.22. The standard InChI is InChI=1S/C24H38N4O4.HI/c1-2-25-24(28-12-17-32-23(19-28)22-8-5-13-30-22)26-18-20-6-3-4-7-21(20)31-16-11-27-9-14-29-15-10-27;/h3-4,6-7,22-23H,2,5,8-19H2,1H3,(H,25,26);1H. The lowest BCUT2D eigenvalue weighted by atomic mass is 10.1. The number of para-hydroxylation sites is 1. The minimum absolute atomic E-state index is 0. The molecule has 1 aromatic carbocycles. The second kappa shape index (κ2) is 14.3. The largest absolute Gasteiger partial charge is 0.492 e. The number of nitrogens with one attached hydrogen (secondary N) is 1. The number of nitrogens with zero attached hydrogens (tertiary/aromatic N) is 3. The number of benzene rings is 1. The smallest absolute Gasteiger partial charge is 0.194 e. The summed E-state index contributed by atoms with van der Waals surface area (Å²) in [5.74, 6) is 1.85. The molecule has 0 saturated carbocycles. The van der Waals surface area contributed by atoms with Gasteiger partial charge in [-0.25, -0.2) is 4.99 Å². The van der Waals surface area contributed by atoms with Gasteiger partial charge in [-0.05, 0) is 25.8 Å². The van der Waals surface area contributed by atoms with Crippen molar-refractivity contribution in [2.24, 2.45) is 4.99 Å². The van der Waals surface area contributed by atoms with Crippen LogP contribution in [0.15, 0.2) is 29.3 Å². The molecule has 9 heteroatoms. The molecular weight excluding hydrogens is 535 g/mol. The van der Waals surface area contributed by atoms with Crippen molar-refractivity contribution in [1.29, 1.82) is 0 Å². The molecule has 0 radical (unpaired) electrons. The normalized spacial score (nSPS) is 24.4. The molecule has 2 unspecified atom stereocenters. The monoisotopic (exact) mass is 574 g/mol. The SMILES string of the molecule is CCNC(=NCc1ccccc1OCCN1CCOCC1)N1CCOC(C2CCCO2)C1.I. The van der Waals surface area contributed by atoms with Crippen molar-refractivity contribution in [1.82, 2.24) is 15.1 Å².